The molecule has 104 valence electrons. The lowest BCUT2D eigenvalue weighted by molar-refractivity contribution is 0.351. The molecule has 2 nitrogen and oxygen atoms in total. The molecule has 0 fully saturated rings. The maximum absolute atomic E-state index is 10.1. The summed E-state index contributed by atoms with van der Waals surface area (Å²) in [4.78, 5) is 4.86. The number of aromatic hydroxyl groups is 1. The molecule has 2 aromatic carbocycles. The minimum Gasteiger partial charge on any atom is -0.508 e. The summed E-state index contributed by atoms with van der Waals surface area (Å²) >= 11 is 1.79. The second-order valence-corrected chi connectivity index (χ2v) is 6.37. The van der Waals surface area contributed by atoms with Crippen LogP contribution in [0.1, 0.15) is 11.1 Å². The van der Waals surface area contributed by atoms with Crippen LogP contribution in [-0.2, 0) is 12.8 Å². The van der Waals surface area contributed by atoms with Crippen molar-refractivity contribution < 1.29 is 5.11 Å². The first-order valence-corrected chi connectivity index (χ1v) is 7.81. The zero-order chi connectivity index (χ0) is 13.9. The second-order valence-electron chi connectivity index (χ2n) is 5.26. The minimum atomic E-state index is 0.452. The van der Waals surface area contributed by atoms with E-state index in [1.165, 1.54) is 15.4 Å². The zero-order valence-corrected chi connectivity index (χ0v) is 12.5. The predicted molar refractivity (Wildman–Crippen MR) is 83.6 cm³/mol. The molecule has 1 N–H and O–H groups in total. The predicted octanol–water partition coefficient (Wildman–Crippen LogP) is 3.57. The van der Waals surface area contributed by atoms with Gasteiger partial charge in [-0.1, -0.05) is 30.0 Å². The van der Waals surface area contributed by atoms with Crippen LogP contribution >= 0.6 is 11.8 Å². The maximum Gasteiger partial charge on any atom is 0.119 e. The molecule has 3 rings (SSSR count). The molecule has 0 atom stereocenters. The highest BCUT2D eigenvalue weighted by Gasteiger charge is 2.18. The lowest BCUT2D eigenvalue weighted by Crippen LogP contribution is -2.20. The molecule has 1 aliphatic heterocycles. The fraction of sp³-hybridized carbons (Fsp3) is 0.294. The number of phenolic OH excluding ortho intramolecular Hbond substituents is 1. The van der Waals surface area contributed by atoms with Gasteiger partial charge in [-0.2, -0.15) is 0 Å². The van der Waals surface area contributed by atoms with Crippen LogP contribution in [0.15, 0.2) is 52.3 Å². The largest absolute Gasteiger partial charge is 0.508 e. The van der Waals surface area contributed by atoms with Crippen molar-refractivity contribution in [1.29, 1.82) is 0 Å². The van der Waals surface area contributed by atoms with Gasteiger partial charge in [-0.25, -0.2) is 0 Å². The van der Waals surface area contributed by atoms with Gasteiger partial charge in [0.1, 0.15) is 5.75 Å². The van der Waals surface area contributed by atoms with Crippen molar-refractivity contribution in [3.63, 3.8) is 0 Å². The number of nitrogens with zero attached hydrogens (tertiary/aromatic N) is 1. The highest BCUT2D eigenvalue weighted by molar-refractivity contribution is 7.99. The minimum absolute atomic E-state index is 0.452. The first kappa shape index (κ1) is 13.5. The van der Waals surface area contributed by atoms with Crippen LogP contribution in [0.4, 0.5) is 0 Å². The van der Waals surface area contributed by atoms with E-state index in [1.807, 2.05) is 12.1 Å². The van der Waals surface area contributed by atoms with Crippen LogP contribution in [0.25, 0.3) is 0 Å². The lowest BCUT2D eigenvalue weighted by Gasteiger charge is -2.13. The third-order valence-electron chi connectivity index (χ3n) is 3.82. The molecule has 20 heavy (non-hydrogen) atoms. The Balaban J connectivity index is 1.96. The van der Waals surface area contributed by atoms with Gasteiger partial charge in [0.15, 0.2) is 0 Å². The summed E-state index contributed by atoms with van der Waals surface area (Å²) in [5.74, 6) is 0.452. The van der Waals surface area contributed by atoms with Crippen molar-refractivity contribution in [3.8, 4) is 5.75 Å². The summed E-state index contributed by atoms with van der Waals surface area (Å²) in [5, 5.41) is 10.1. The quantitative estimate of drug-likeness (QED) is 0.912. The van der Waals surface area contributed by atoms with E-state index in [9.17, 15) is 5.11 Å². The van der Waals surface area contributed by atoms with E-state index < -0.39 is 0 Å². The number of likely N-dealkylation sites (N-methyl/N-ethyl adjacent to an activating group) is 1. The van der Waals surface area contributed by atoms with Gasteiger partial charge >= 0.3 is 0 Å². The third-order valence-corrected chi connectivity index (χ3v) is 4.93. The molecule has 0 amide bonds. The number of phenols is 1. The standard InChI is InChI=1S/C17H19NOS/c1-18-11-9-14-15(10-12-18)17(8-7-16(14)19)20-13-5-3-2-4-6-13/h2-8,19H,9-12H2,1H3. The average Bonchev–Trinajstić information content (AvgIpc) is 2.66. The van der Waals surface area contributed by atoms with Crippen molar-refractivity contribution in [2.75, 3.05) is 20.1 Å². The molecule has 0 saturated carbocycles. The Morgan fingerprint density at radius 1 is 0.950 bits per heavy atom. The molecule has 0 saturated heterocycles. The number of fused-ring (bicyclic) bond motifs is 1. The van der Waals surface area contributed by atoms with Gasteiger partial charge in [0.25, 0.3) is 0 Å². The Labute approximate surface area is 124 Å². The molecule has 0 bridgehead atoms. The first-order chi connectivity index (χ1) is 9.74. The fourth-order valence-electron chi connectivity index (χ4n) is 2.64. The molecule has 1 heterocycles. The van der Waals surface area contributed by atoms with E-state index >= 15 is 0 Å². The monoisotopic (exact) mass is 285 g/mol. The van der Waals surface area contributed by atoms with Crippen molar-refractivity contribution in [1.82, 2.24) is 4.90 Å². The Hall–Kier alpha value is -1.45. The van der Waals surface area contributed by atoms with Crippen LogP contribution in [0.5, 0.6) is 5.75 Å². The zero-order valence-electron chi connectivity index (χ0n) is 11.7. The Morgan fingerprint density at radius 3 is 2.40 bits per heavy atom. The Kier molecular flexibility index (Phi) is 3.99. The number of rotatable bonds is 2. The molecular weight excluding hydrogens is 266 g/mol. The van der Waals surface area contributed by atoms with E-state index in [1.54, 1.807) is 11.8 Å². The fourth-order valence-corrected chi connectivity index (χ4v) is 3.67. The van der Waals surface area contributed by atoms with E-state index in [2.05, 4.69) is 42.3 Å². The van der Waals surface area contributed by atoms with Crippen LogP contribution in [-0.4, -0.2) is 30.1 Å². The molecule has 0 unspecified atom stereocenters. The van der Waals surface area contributed by atoms with Crippen LogP contribution in [0.2, 0.25) is 0 Å². The highest BCUT2D eigenvalue weighted by Crippen LogP contribution is 2.36. The summed E-state index contributed by atoms with van der Waals surface area (Å²) in [7, 11) is 2.15. The summed E-state index contributed by atoms with van der Waals surface area (Å²) in [5.41, 5.74) is 2.46. The van der Waals surface area contributed by atoms with E-state index in [0.29, 0.717) is 5.75 Å². The molecule has 3 heteroatoms. The average molecular weight is 285 g/mol. The molecule has 0 radical (unpaired) electrons. The maximum atomic E-state index is 10.1. The Bertz CT molecular complexity index is 597. The summed E-state index contributed by atoms with van der Waals surface area (Å²) in [6, 6.07) is 14.3. The molecule has 0 aromatic heterocycles. The number of hydrogen-bond acceptors (Lipinski definition) is 3. The van der Waals surface area contributed by atoms with Crippen molar-refractivity contribution >= 4 is 11.8 Å². The Morgan fingerprint density at radius 2 is 1.65 bits per heavy atom. The van der Waals surface area contributed by atoms with Crippen molar-refractivity contribution in [2.24, 2.45) is 0 Å². The smallest absolute Gasteiger partial charge is 0.119 e. The van der Waals surface area contributed by atoms with Gasteiger partial charge in [-0.05, 0) is 55.3 Å². The SMILES string of the molecule is CN1CCc2c(O)ccc(Sc3ccccc3)c2CC1. The second kappa shape index (κ2) is 5.90. The normalized spacial score (nSPS) is 15.7. The highest BCUT2D eigenvalue weighted by atomic mass is 32.2. The molecule has 0 aliphatic carbocycles. The molecule has 2 aromatic rings. The van der Waals surface area contributed by atoms with Crippen LogP contribution in [0.3, 0.4) is 0 Å². The summed E-state index contributed by atoms with van der Waals surface area (Å²) in [6.45, 7) is 2.07. The molecular formula is C17H19NOS. The van der Waals surface area contributed by atoms with Crippen LogP contribution < -0.4 is 0 Å². The van der Waals surface area contributed by atoms with Crippen LogP contribution in [0, 0.1) is 0 Å². The topological polar surface area (TPSA) is 23.5 Å². The lowest BCUT2D eigenvalue weighted by atomic mass is 10.0. The van der Waals surface area contributed by atoms with Crippen molar-refractivity contribution in [3.05, 3.63) is 53.6 Å². The van der Waals surface area contributed by atoms with Gasteiger partial charge in [0.2, 0.25) is 0 Å². The molecule has 0 spiro atoms. The number of hydrogen-bond donors (Lipinski definition) is 1. The van der Waals surface area contributed by atoms with E-state index in [-0.39, 0.29) is 0 Å². The van der Waals surface area contributed by atoms with Gasteiger partial charge in [-0.15, -0.1) is 0 Å². The first-order valence-electron chi connectivity index (χ1n) is 6.99. The third kappa shape index (κ3) is 2.84. The number of benzene rings is 2. The van der Waals surface area contributed by atoms with Gasteiger partial charge < -0.3 is 10.0 Å². The summed E-state index contributed by atoms with van der Waals surface area (Å²) in [6.07, 6.45) is 1.94. The van der Waals surface area contributed by atoms with Gasteiger partial charge in [0, 0.05) is 22.9 Å². The summed E-state index contributed by atoms with van der Waals surface area (Å²) < 4.78 is 0. The van der Waals surface area contributed by atoms with E-state index in [0.717, 1.165) is 31.5 Å². The van der Waals surface area contributed by atoms with Gasteiger partial charge in [-0.3, -0.25) is 0 Å². The molecule has 1 aliphatic rings. The van der Waals surface area contributed by atoms with Crippen molar-refractivity contribution in [2.45, 2.75) is 22.6 Å². The van der Waals surface area contributed by atoms with E-state index in [4.69, 9.17) is 0 Å². The van der Waals surface area contributed by atoms with Gasteiger partial charge in [0.05, 0.1) is 0 Å².